The van der Waals surface area contributed by atoms with E-state index in [4.69, 9.17) is 26.4 Å². The Morgan fingerprint density at radius 2 is 1.92 bits per heavy atom. The molecule has 0 bridgehead atoms. The van der Waals surface area contributed by atoms with Gasteiger partial charge in [0.1, 0.15) is 12.4 Å². The van der Waals surface area contributed by atoms with Crippen LogP contribution in [0.1, 0.15) is 11.1 Å². The number of thiocarbonyl (C=S) groups is 1. The molecule has 0 amide bonds. The molecular formula is C20H22N2O3S. The number of rotatable bonds is 7. The molecule has 1 aliphatic rings. The fourth-order valence-corrected chi connectivity index (χ4v) is 2.69. The van der Waals surface area contributed by atoms with Crippen LogP contribution in [0.3, 0.4) is 0 Å². The maximum atomic E-state index is 5.49. The highest BCUT2D eigenvalue weighted by Crippen LogP contribution is 2.32. The van der Waals surface area contributed by atoms with Crippen molar-refractivity contribution in [3.63, 3.8) is 0 Å². The van der Waals surface area contributed by atoms with Crippen molar-refractivity contribution in [3.05, 3.63) is 66.2 Å². The zero-order valence-corrected chi connectivity index (χ0v) is 15.6. The summed E-state index contributed by atoms with van der Waals surface area (Å²) in [5, 5.41) is 3.96. The molecule has 5 nitrogen and oxygen atoms in total. The van der Waals surface area contributed by atoms with E-state index in [1.165, 1.54) is 0 Å². The lowest BCUT2D eigenvalue weighted by Gasteiger charge is -2.21. The van der Waals surface area contributed by atoms with Gasteiger partial charge in [0.15, 0.2) is 16.6 Å². The first-order chi connectivity index (χ1) is 12.7. The second-order valence-electron chi connectivity index (χ2n) is 5.95. The molecule has 1 aliphatic heterocycles. The fraction of sp³-hybridized carbons (Fsp3) is 0.250. The van der Waals surface area contributed by atoms with Crippen molar-refractivity contribution < 1.29 is 14.2 Å². The number of fused-ring (bicyclic) bond motifs is 1. The van der Waals surface area contributed by atoms with Crippen LogP contribution in [0.5, 0.6) is 17.2 Å². The normalized spacial score (nSPS) is 11.7. The predicted octanol–water partition coefficient (Wildman–Crippen LogP) is 3.49. The molecule has 0 radical (unpaired) electrons. The van der Waals surface area contributed by atoms with Crippen LogP contribution in [-0.4, -0.2) is 30.5 Å². The molecule has 26 heavy (non-hydrogen) atoms. The first-order valence-electron chi connectivity index (χ1n) is 8.36. The van der Waals surface area contributed by atoms with Gasteiger partial charge >= 0.3 is 0 Å². The lowest BCUT2D eigenvalue weighted by Crippen LogP contribution is -2.36. The third kappa shape index (κ3) is 4.67. The zero-order valence-electron chi connectivity index (χ0n) is 14.7. The van der Waals surface area contributed by atoms with Crippen LogP contribution < -0.4 is 19.5 Å². The van der Waals surface area contributed by atoms with Crippen molar-refractivity contribution in [2.24, 2.45) is 0 Å². The van der Waals surface area contributed by atoms with Crippen LogP contribution >= 0.6 is 12.2 Å². The smallest absolute Gasteiger partial charge is 0.231 e. The van der Waals surface area contributed by atoms with Crippen LogP contribution in [0.25, 0.3) is 0 Å². The first kappa shape index (κ1) is 18.1. The average molecular weight is 370 g/mol. The predicted molar refractivity (Wildman–Crippen MR) is 106 cm³/mol. The molecule has 1 heterocycles. The van der Waals surface area contributed by atoms with Crippen molar-refractivity contribution in [1.82, 2.24) is 10.2 Å². The molecule has 136 valence electrons. The van der Waals surface area contributed by atoms with Gasteiger partial charge in [-0.1, -0.05) is 30.9 Å². The maximum absolute atomic E-state index is 5.49. The Kier molecular flexibility index (Phi) is 5.96. The minimum Gasteiger partial charge on any atom is -0.490 e. The Morgan fingerprint density at radius 1 is 1.19 bits per heavy atom. The zero-order chi connectivity index (χ0) is 18.4. The lowest BCUT2D eigenvalue weighted by atomic mass is 10.2. The standard InChI is InChI=1S/C20H22N2O3S/c1-3-10-23-17-7-4-15(5-8-17)13-22(2)20(26)21-12-16-6-9-18-19(11-16)25-14-24-18/h3-9,11H,1,10,12-14H2,2H3,(H,21,26). The molecule has 0 saturated heterocycles. The molecule has 0 saturated carbocycles. The maximum Gasteiger partial charge on any atom is 0.231 e. The van der Waals surface area contributed by atoms with E-state index in [1.54, 1.807) is 6.08 Å². The van der Waals surface area contributed by atoms with Gasteiger partial charge in [-0.05, 0) is 47.6 Å². The summed E-state index contributed by atoms with van der Waals surface area (Å²) in [4.78, 5) is 2.00. The van der Waals surface area contributed by atoms with Crippen molar-refractivity contribution in [3.8, 4) is 17.2 Å². The van der Waals surface area contributed by atoms with Crippen LogP contribution in [0.4, 0.5) is 0 Å². The molecule has 0 atom stereocenters. The van der Waals surface area contributed by atoms with Gasteiger partial charge in [0.25, 0.3) is 0 Å². The minimum absolute atomic E-state index is 0.283. The number of benzene rings is 2. The SMILES string of the molecule is C=CCOc1ccc(CN(C)C(=S)NCc2ccc3c(c2)OCO3)cc1. The first-order valence-corrected chi connectivity index (χ1v) is 8.76. The summed E-state index contributed by atoms with van der Waals surface area (Å²) in [5.74, 6) is 2.40. The number of hydrogen-bond donors (Lipinski definition) is 1. The third-order valence-corrected chi connectivity index (χ3v) is 4.39. The topological polar surface area (TPSA) is 43.0 Å². The third-order valence-electron chi connectivity index (χ3n) is 3.94. The van der Waals surface area contributed by atoms with E-state index in [2.05, 4.69) is 11.9 Å². The van der Waals surface area contributed by atoms with E-state index in [-0.39, 0.29) is 6.79 Å². The summed E-state index contributed by atoms with van der Waals surface area (Å²) < 4.78 is 16.2. The van der Waals surface area contributed by atoms with Gasteiger partial charge in [-0.2, -0.15) is 0 Å². The summed E-state index contributed by atoms with van der Waals surface area (Å²) in [6.45, 7) is 5.78. The molecule has 2 aromatic rings. The molecule has 3 rings (SSSR count). The van der Waals surface area contributed by atoms with Gasteiger partial charge in [0.05, 0.1) is 0 Å². The van der Waals surface area contributed by atoms with Crippen molar-refractivity contribution in [2.75, 3.05) is 20.4 Å². The summed E-state index contributed by atoms with van der Waals surface area (Å²) in [5.41, 5.74) is 2.25. The minimum atomic E-state index is 0.283. The van der Waals surface area contributed by atoms with Gasteiger partial charge in [0.2, 0.25) is 6.79 Å². The molecular weight excluding hydrogens is 348 g/mol. The second kappa shape index (κ2) is 8.58. The number of nitrogens with zero attached hydrogens (tertiary/aromatic N) is 1. The van der Waals surface area contributed by atoms with E-state index in [0.717, 1.165) is 28.4 Å². The van der Waals surface area contributed by atoms with Crippen LogP contribution in [0.2, 0.25) is 0 Å². The molecule has 2 aromatic carbocycles. The van der Waals surface area contributed by atoms with Crippen molar-refractivity contribution >= 4 is 17.3 Å². The number of nitrogens with one attached hydrogen (secondary N) is 1. The van der Waals surface area contributed by atoms with Crippen LogP contribution in [0, 0.1) is 0 Å². The summed E-state index contributed by atoms with van der Waals surface area (Å²) in [6.07, 6.45) is 1.73. The Labute approximate surface area is 159 Å². The highest BCUT2D eigenvalue weighted by Gasteiger charge is 2.13. The second-order valence-corrected chi connectivity index (χ2v) is 6.33. The van der Waals surface area contributed by atoms with Gasteiger partial charge < -0.3 is 24.4 Å². The molecule has 0 spiro atoms. The van der Waals surface area contributed by atoms with E-state index >= 15 is 0 Å². The molecule has 0 aliphatic carbocycles. The highest BCUT2D eigenvalue weighted by atomic mass is 32.1. The van der Waals surface area contributed by atoms with E-state index in [0.29, 0.717) is 24.8 Å². The lowest BCUT2D eigenvalue weighted by molar-refractivity contribution is 0.174. The van der Waals surface area contributed by atoms with Gasteiger partial charge in [-0.3, -0.25) is 0 Å². The van der Waals surface area contributed by atoms with Gasteiger partial charge in [-0.25, -0.2) is 0 Å². The quantitative estimate of drug-likeness (QED) is 0.595. The number of ether oxygens (including phenoxy) is 3. The average Bonchev–Trinajstić information content (AvgIpc) is 3.13. The number of hydrogen-bond acceptors (Lipinski definition) is 4. The summed E-state index contributed by atoms with van der Waals surface area (Å²) >= 11 is 5.48. The Balaban J connectivity index is 1.49. The van der Waals surface area contributed by atoms with E-state index in [1.807, 2.05) is 54.4 Å². The molecule has 1 N–H and O–H groups in total. The van der Waals surface area contributed by atoms with Crippen molar-refractivity contribution in [1.29, 1.82) is 0 Å². The van der Waals surface area contributed by atoms with Crippen LogP contribution in [-0.2, 0) is 13.1 Å². The molecule has 0 unspecified atom stereocenters. The Hall–Kier alpha value is -2.73. The van der Waals surface area contributed by atoms with E-state index < -0.39 is 0 Å². The fourth-order valence-electron chi connectivity index (χ4n) is 2.56. The monoisotopic (exact) mass is 370 g/mol. The van der Waals surface area contributed by atoms with Crippen LogP contribution in [0.15, 0.2) is 55.1 Å². The molecule has 6 heteroatoms. The molecule has 0 aromatic heterocycles. The van der Waals surface area contributed by atoms with Gasteiger partial charge in [0, 0.05) is 20.1 Å². The molecule has 0 fully saturated rings. The summed E-state index contributed by atoms with van der Waals surface area (Å²) in [7, 11) is 1.97. The largest absolute Gasteiger partial charge is 0.490 e. The highest BCUT2D eigenvalue weighted by molar-refractivity contribution is 7.80. The van der Waals surface area contributed by atoms with Gasteiger partial charge in [-0.15, -0.1) is 0 Å². The van der Waals surface area contributed by atoms with Crippen molar-refractivity contribution in [2.45, 2.75) is 13.1 Å². The summed E-state index contributed by atoms with van der Waals surface area (Å²) in [6, 6.07) is 13.9. The Morgan fingerprint density at radius 3 is 2.69 bits per heavy atom. The van der Waals surface area contributed by atoms with E-state index in [9.17, 15) is 0 Å². The Bertz CT molecular complexity index is 777.